The van der Waals surface area contributed by atoms with Gasteiger partial charge in [-0.1, -0.05) is 23.4 Å². The van der Waals surface area contributed by atoms with Crippen molar-refractivity contribution in [1.29, 1.82) is 0 Å². The van der Waals surface area contributed by atoms with Crippen LogP contribution in [0.25, 0.3) is 10.9 Å². The maximum absolute atomic E-state index is 13.0. The number of rotatable bonds is 3. The van der Waals surface area contributed by atoms with Crippen molar-refractivity contribution in [2.75, 3.05) is 13.6 Å². The Kier molecular flexibility index (Phi) is 3.56. The summed E-state index contributed by atoms with van der Waals surface area (Å²) in [7, 11) is 1.80. The molecule has 7 nitrogen and oxygen atoms in total. The highest BCUT2D eigenvalue weighted by atomic mass is 16.5. The SMILES string of the molecule is CN(C(=O)c1noc2c1CN(C(=O)c1cc3ccccc3[nH]1)CC2)C1CC1. The van der Waals surface area contributed by atoms with Crippen LogP contribution < -0.4 is 0 Å². The molecule has 138 valence electrons. The Morgan fingerprint density at radius 3 is 2.89 bits per heavy atom. The van der Waals surface area contributed by atoms with Crippen LogP contribution in [0.5, 0.6) is 0 Å². The molecule has 2 aromatic heterocycles. The van der Waals surface area contributed by atoms with E-state index in [1.165, 1.54) is 0 Å². The third-order valence-electron chi connectivity index (χ3n) is 5.49. The Balaban J connectivity index is 1.40. The van der Waals surface area contributed by atoms with Crippen molar-refractivity contribution < 1.29 is 14.1 Å². The number of carbonyl (C=O) groups excluding carboxylic acids is 2. The van der Waals surface area contributed by atoms with E-state index in [0.717, 1.165) is 29.3 Å². The molecule has 1 aliphatic heterocycles. The average molecular weight is 364 g/mol. The van der Waals surface area contributed by atoms with E-state index in [-0.39, 0.29) is 11.8 Å². The van der Waals surface area contributed by atoms with Crippen LogP contribution in [0.3, 0.4) is 0 Å². The molecule has 27 heavy (non-hydrogen) atoms. The van der Waals surface area contributed by atoms with Crippen molar-refractivity contribution >= 4 is 22.7 Å². The molecule has 0 atom stereocenters. The second-order valence-electron chi connectivity index (χ2n) is 7.33. The fraction of sp³-hybridized carbons (Fsp3) is 0.350. The number of aromatic nitrogens is 2. The highest BCUT2D eigenvalue weighted by Gasteiger charge is 2.35. The Labute approximate surface area is 155 Å². The fourth-order valence-electron chi connectivity index (χ4n) is 3.70. The van der Waals surface area contributed by atoms with Crippen molar-refractivity contribution in [3.05, 3.63) is 53.0 Å². The summed E-state index contributed by atoms with van der Waals surface area (Å²) < 4.78 is 5.40. The van der Waals surface area contributed by atoms with Crippen molar-refractivity contribution in [2.45, 2.75) is 31.8 Å². The van der Waals surface area contributed by atoms with Gasteiger partial charge in [0.2, 0.25) is 0 Å². The van der Waals surface area contributed by atoms with E-state index in [9.17, 15) is 9.59 Å². The minimum absolute atomic E-state index is 0.0769. The lowest BCUT2D eigenvalue weighted by Crippen LogP contribution is -2.37. The van der Waals surface area contributed by atoms with Crippen LogP contribution in [0.15, 0.2) is 34.9 Å². The standard InChI is InChI=1S/C20H20N4O3/c1-23(13-6-7-13)20(26)18-14-11-24(9-8-17(14)27-22-18)19(25)16-10-12-4-2-3-5-15(12)21-16/h2-5,10,13,21H,6-9,11H2,1H3. The molecule has 5 rings (SSSR count). The second kappa shape index (κ2) is 5.97. The number of amides is 2. The summed E-state index contributed by atoms with van der Waals surface area (Å²) in [4.78, 5) is 32.4. The summed E-state index contributed by atoms with van der Waals surface area (Å²) in [5.41, 5.74) is 2.57. The number of hydrogen-bond acceptors (Lipinski definition) is 4. The van der Waals surface area contributed by atoms with Gasteiger partial charge in [0.15, 0.2) is 5.69 Å². The molecule has 0 unspecified atom stereocenters. The minimum Gasteiger partial charge on any atom is -0.360 e. The molecule has 7 heteroatoms. The van der Waals surface area contributed by atoms with Crippen LogP contribution in [0, 0.1) is 0 Å². The molecule has 3 heterocycles. The summed E-state index contributed by atoms with van der Waals surface area (Å²) in [5, 5.41) is 5.02. The topological polar surface area (TPSA) is 82.4 Å². The molecule has 2 amide bonds. The number of fused-ring (bicyclic) bond motifs is 2. The zero-order valence-corrected chi connectivity index (χ0v) is 15.1. The number of para-hydroxylation sites is 1. The van der Waals surface area contributed by atoms with Gasteiger partial charge in [0.25, 0.3) is 11.8 Å². The molecule has 1 aliphatic carbocycles. The number of carbonyl (C=O) groups is 2. The van der Waals surface area contributed by atoms with Gasteiger partial charge in [0.05, 0.1) is 6.54 Å². The van der Waals surface area contributed by atoms with Crippen LogP contribution in [-0.2, 0) is 13.0 Å². The number of aromatic amines is 1. The molecule has 1 N–H and O–H groups in total. The molecule has 1 fully saturated rings. The lowest BCUT2D eigenvalue weighted by molar-refractivity contribution is 0.0715. The van der Waals surface area contributed by atoms with E-state index in [4.69, 9.17) is 4.52 Å². The van der Waals surface area contributed by atoms with Crippen molar-refractivity contribution in [2.24, 2.45) is 0 Å². The first-order valence-electron chi connectivity index (χ1n) is 9.23. The Morgan fingerprint density at radius 2 is 2.11 bits per heavy atom. The fourth-order valence-corrected chi connectivity index (χ4v) is 3.70. The van der Waals surface area contributed by atoms with Gasteiger partial charge >= 0.3 is 0 Å². The Bertz CT molecular complexity index is 1010. The molecule has 1 saturated carbocycles. The minimum atomic E-state index is -0.123. The number of nitrogens with one attached hydrogen (secondary N) is 1. The first-order chi connectivity index (χ1) is 13.1. The van der Waals surface area contributed by atoms with E-state index in [1.54, 1.807) is 16.8 Å². The quantitative estimate of drug-likeness (QED) is 0.774. The normalized spacial score (nSPS) is 16.4. The van der Waals surface area contributed by atoms with Gasteiger partial charge in [0.1, 0.15) is 11.5 Å². The molecule has 2 aliphatic rings. The van der Waals surface area contributed by atoms with Crippen LogP contribution >= 0.6 is 0 Å². The van der Waals surface area contributed by atoms with Gasteiger partial charge in [-0.05, 0) is 25.0 Å². The molecule has 1 aromatic carbocycles. The maximum atomic E-state index is 13.0. The monoisotopic (exact) mass is 364 g/mol. The molecule has 3 aromatic rings. The van der Waals surface area contributed by atoms with E-state index < -0.39 is 0 Å². The van der Waals surface area contributed by atoms with Crippen molar-refractivity contribution in [3.8, 4) is 0 Å². The predicted octanol–water partition coefficient (Wildman–Crippen LogP) is 2.59. The highest BCUT2D eigenvalue weighted by Crippen LogP contribution is 2.29. The summed E-state index contributed by atoms with van der Waals surface area (Å²) in [5.74, 6) is 0.512. The van der Waals surface area contributed by atoms with E-state index >= 15 is 0 Å². The van der Waals surface area contributed by atoms with Crippen molar-refractivity contribution in [1.82, 2.24) is 19.9 Å². The second-order valence-corrected chi connectivity index (χ2v) is 7.33. The lowest BCUT2D eigenvalue weighted by atomic mass is 10.0. The van der Waals surface area contributed by atoms with Crippen LogP contribution in [0.1, 0.15) is 45.1 Å². The van der Waals surface area contributed by atoms with Gasteiger partial charge in [-0.25, -0.2) is 0 Å². The molecule has 0 radical (unpaired) electrons. The number of nitrogens with zero attached hydrogens (tertiary/aromatic N) is 3. The molecular formula is C20H20N4O3. The van der Waals surface area contributed by atoms with Gasteiger partial charge in [-0.2, -0.15) is 0 Å². The van der Waals surface area contributed by atoms with Gasteiger partial charge in [-0.15, -0.1) is 0 Å². The predicted molar refractivity (Wildman–Crippen MR) is 98.4 cm³/mol. The van der Waals surface area contributed by atoms with Crippen LogP contribution in [-0.4, -0.2) is 51.4 Å². The summed E-state index contributed by atoms with van der Waals surface area (Å²) in [6.07, 6.45) is 2.63. The summed E-state index contributed by atoms with van der Waals surface area (Å²) >= 11 is 0. The number of H-pyrrole nitrogens is 1. The van der Waals surface area contributed by atoms with Crippen molar-refractivity contribution in [3.63, 3.8) is 0 Å². The van der Waals surface area contributed by atoms with Gasteiger partial charge in [-0.3, -0.25) is 9.59 Å². The third-order valence-corrected chi connectivity index (χ3v) is 5.49. The summed E-state index contributed by atoms with van der Waals surface area (Å²) in [6.45, 7) is 0.884. The van der Waals surface area contributed by atoms with Gasteiger partial charge in [0, 0.05) is 42.5 Å². The third kappa shape index (κ3) is 2.70. The van der Waals surface area contributed by atoms with E-state index in [0.29, 0.717) is 42.7 Å². The highest BCUT2D eigenvalue weighted by molar-refractivity contribution is 5.98. The zero-order valence-electron chi connectivity index (χ0n) is 15.1. The zero-order chi connectivity index (χ0) is 18.5. The largest absolute Gasteiger partial charge is 0.360 e. The Hall–Kier alpha value is -3.09. The Morgan fingerprint density at radius 1 is 1.30 bits per heavy atom. The maximum Gasteiger partial charge on any atom is 0.276 e. The first kappa shape index (κ1) is 16.1. The van der Waals surface area contributed by atoms with E-state index in [1.807, 2.05) is 30.3 Å². The van der Waals surface area contributed by atoms with Crippen LogP contribution in [0.4, 0.5) is 0 Å². The molecule has 0 saturated heterocycles. The molecular weight excluding hydrogens is 344 g/mol. The first-order valence-corrected chi connectivity index (χ1v) is 9.23. The summed E-state index contributed by atoms with van der Waals surface area (Å²) in [6, 6.07) is 9.98. The number of hydrogen-bond donors (Lipinski definition) is 1. The van der Waals surface area contributed by atoms with Crippen LogP contribution in [0.2, 0.25) is 0 Å². The van der Waals surface area contributed by atoms with Gasteiger partial charge < -0.3 is 19.3 Å². The lowest BCUT2D eigenvalue weighted by Gasteiger charge is -2.26. The molecule has 0 spiro atoms. The average Bonchev–Trinajstić information content (AvgIpc) is 3.31. The smallest absolute Gasteiger partial charge is 0.276 e. The van der Waals surface area contributed by atoms with E-state index in [2.05, 4.69) is 10.1 Å². The number of benzene rings is 1. The molecule has 0 bridgehead atoms.